The van der Waals surface area contributed by atoms with Crippen LogP contribution in [-0.2, 0) is 22.6 Å². The van der Waals surface area contributed by atoms with Gasteiger partial charge in [0.05, 0.1) is 6.54 Å². The molecule has 0 unspecified atom stereocenters. The van der Waals surface area contributed by atoms with E-state index in [1.165, 1.54) is 0 Å². The van der Waals surface area contributed by atoms with E-state index in [2.05, 4.69) is 33.2 Å². The summed E-state index contributed by atoms with van der Waals surface area (Å²) in [7, 11) is 0. The van der Waals surface area contributed by atoms with Crippen LogP contribution in [0.3, 0.4) is 0 Å². The minimum absolute atomic E-state index is 0.0513. The van der Waals surface area contributed by atoms with Crippen molar-refractivity contribution >= 4 is 34.4 Å². The summed E-state index contributed by atoms with van der Waals surface area (Å²) in [5.74, 6) is -0.257. The highest BCUT2D eigenvalue weighted by Crippen LogP contribution is 2.10. The van der Waals surface area contributed by atoms with E-state index in [4.69, 9.17) is 0 Å². The first-order valence-electron chi connectivity index (χ1n) is 7.58. The van der Waals surface area contributed by atoms with E-state index < -0.39 is 0 Å². The van der Waals surface area contributed by atoms with Crippen LogP contribution >= 0.6 is 22.6 Å². The van der Waals surface area contributed by atoms with E-state index in [1.807, 2.05) is 24.3 Å². The van der Waals surface area contributed by atoms with Gasteiger partial charge in [-0.05, 0) is 64.4 Å². The van der Waals surface area contributed by atoms with Gasteiger partial charge >= 0.3 is 0 Å². The molecule has 0 atom stereocenters. The van der Waals surface area contributed by atoms with Gasteiger partial charge in [-0.1, -0.05) is 24.3 Å². The topological polar surface area (TPSA) is 78.4 Å². The van der Waals surface area contributed by atoms with Gasteiger partial charge in [0, 0.05) is 16.5 Å². The number of phenols is 1. The molecule has 126 valence electrons. The third kappa shape index (κ3) is 6.57. The van der Waals surface area contributed by atoms with Gasteiger partial charge in [0.1, 0.15) is 5.75 Å². The van der Waals surface area contributed by atoms with E-state index in [0.29, 0.717) is 19.4 Å². The highest BCUT2D eigenvalue weighted by atomic mass is 127. The third-order valence-electron chi connectivity index (χ3n) is 3.40. The van der Waals surface area contributed by atoms with Crippen LogP contribution in [-0.4, -0.2) is 23.5 Å². The van der Waals surface area contributed by atoms with Gasteiger partial charge in [-0.2, -0.15) is 0 Å². The number of halogens is 1. The lowest BCUT2D eigenvalue weighted by molar-refractivity contribution is -0.126. The van der Waals surface area contributed by atoms with Gasteiger partial charge in [0.25, 0.3) is 0 Å². The number of amides is 2. The number of benzene rings is 2. The standard InChI is InChI=1S/C18H19IN2O3/c19-15-7-4-13(5-8-15)6-9-17(23)21-12-18(24)20-11-14-2-1-3-16(22)10-14/h1-5,7-8,10,22H,6,9,11-12H2,(H,20,24)(H,21,23). The molecule has 2 aromatic carbocycles. The Bertz CT molecular complexity index is 702. The molecule has 24 heavy (non-hydrogen) atoms. The second kappa shape index (κ2) is 9.27. The van der Waals surface area contributed by atoms with E-state index >= 15 is 0 Å². The monoisotopic (exact) mass is 438 g/mol. The van der Waals surface area contributed by atoms with Crippen LogP contribution in [0.15, 0.2) is 48.5 Å². The number of hydrogen-bond acceptors (Lipinski definition) is 3. The highest BCUT2D eigenvalue weighted by Gasteiger charge is 2.06. The summed E-state index contributed by atoms with van der Waals surface area (Å²) in [5.41, 5.74) is 1.90. The number of hydrogen-bond donors (Lipinski definition) is 3. The molecule has 3 N–H and O–H groups in total. The zero-order chi connectivity index (χ0) is 17.4. The molecular formula is C18H19IN2O3. The Morgan fingerprint density at radius 3 is 2.42 bits per heavy atom. The Morgan fingerprint density at radius 2 is 1.71 bits per heavy atom. The van der Waals surface area contributed by atoms with Crippen LogP contribution < -0.4 is 10.6 Å². The number of phenolic OH excluding ortho intramolecular Hbond substituents is 1. The Morgan fingerprint density at radius 1 is 0.958 bits per heavy atom. The largest absolute Gasteiger partial charge is 0.508 e. The van der Waals surface area contributed by atoms with Gasteiger partial charge in [-0.3, -0.25) is 9.59 Å². The van der Waals surface area contributed by atoms with Crippen molar-refractivity contribution in [2.45, 2.75) is 19.4 Å². The number of carbonyl (C=O) groups excluding carboxylic acids is 2. The van der Waals surface area contributed by atoms with Crippen LogP contribution in [0.1, 0.15) is 17.5 Å². The Hall–Kier alpha value is -2.09. The summed E-state index contributed by atoms with van der Waals surface area (Å²) in [4.78, 5) is 23.5. The summed E-state index contributed by atoms with van der Waals surface area (Å²) in [6, 6.07) is 14.7. The van der Waals surface area contributed by atoms with Crippen LogP contribution in [0.4, 0.5) is 0 Å². The second-order valence-electron chi connectivity index (χ2n) is 5.35. The molecule has 0 aliphatic carbocycles. The highest BCUT2D eigenvalue weighted by molar-refractivity contribution is 14.1. The van der Waals surface area contributed by atoms with Crippen LogP contribution in [0.5, 0.6) is 5.75 Å². The van der Waals surface area contributed by atoms with Crippen LogP contribution in [0, 0.1) is 3.57 Å². The average Bonchev–Trinajstić information content (AvgIpc) is 2.57. The van der Waals surface area contributed by atoms with Crippen molar-refractivity contribution in [3.8, 4) is 5.75 Å². The molecule has 2 rings (SSSR count). The Kier molecular flexibility index (Phi) is 7.05. The summed E-state index contributed by atoms with van der Waals surface area (Å²) < 4.78 is 1.16. The molecule has 5 nitrogen and oxygen atoms in total. The van der Waals surface area contributed by atoms with Crippen molar-refractivity contribution in [3.63, 3.8) is 0 Å². The van der Waals surface area contributed by atoms with Crippen LogP contribution in [0.2, 0.25) is 0 Å². The molecule has 0 saturated heterocycles. The molecule has 0 aliphatic rings. The summed E-state index contributed by atoms with van der Waals surface area (Å²) in [6.45, 7) is 0.260. The van der Waals surface area contributed by atoms with E-state index in [9.17, 15) is 14.7 Å². The molecule has 0 fully saturated rings. The minimum Gasteiger partial charge on any atom is -0.508 e. The predicted molar refractivity (Wildman–Crippen MR) is 100 cm³/mol. The predicted octanol–water partition coefficient (Wildman–Crippen LogP) is 2.36. The summed E-state index contributed by atoms with van der Waals surface area (Å²) in [6.07, 6.45) is 0.994. The molecule has 0 spiro atoms. The molecule has 2 amide bonds. The number of aryl methyl sites for hydroxylation is 1. The first-order valence-corrected chi connectivity index (χ1v) is 8.66. The van der Waals surface area contributed by atoms with Crippen molar-refractivity contribution < 1.29 is 14.7 Å². The molecule has 0 radical (unpaired) electrons. The molecule has 0 saturated carbocycles. The number of aromatic hydroxyl groups is 1. The van der Waals surface area contributed by atoms with E-state index in [-0.39, 0.29) is 24.1 Å². The maximum atomic E-state index is 11.8. The Balaban J connectivity index is 1.65. The fourth-order valence-corrected chi connectivity index (χ4v) is 2.47. The van der Waals surface area contributed by atoms with Crippen molar-refractivity contribution in [2.24, 2.45) is 0 Å². The quantitative estimate of drug-likeness (QED) is 0.581. The fraction of sp³-hybridized carbons (Fsp3) is 0.222. The van der Waals surface area contributed by atoms with Crippen molar-refractivity contribution in [2.75, 3.05) is 6.54 Å². The zero-order valence-corrected chi connectivity index (χ0v) is 15.2. The summed E-state index contributed by atoms with van der Waals surface area (Å²) >= 11 is 2.23. The molecule has 2 aromatic rings. The Labute approximate surface area is 154 Å². The molecule has 0 bridgehead atoms. The fourth-order valence-electron chi connectivity index (χ4n) is 2.11. The maximum Gasteiger partial charge on any atom is 0.239 e. The third-order valence-corrected chi connectivity index (χ3v) is 4.12. The van der Waals surface area contributed by atoms with E-state index in [0.717, 1.165) is 14.7 Å². The smallest absolute Gasteiger partial charge is 0.239 e. The van der Waals surface area contributed by atoms with Gasteiger partial charge in [-0.25, -0.2) is 0 Å². The lowest BCUT2D eigenvalue weighted by Gasteiger charge is -2.07. The van der Waals surface area contributed by atoms with Gasteiger partial charge in [0.15, 0.2) is 0 Å². The average molecular weight is 438 g/mol. The van der Waals surface area contributed by atoms with Gasteiger partial charge < -0.3 is 15.7 Å². The molecule has 0 aliphatic heterocycles. The lowest BCUT2D eigenvalue weighted by atomic mass is 10.1. The number of nitrogens with one attached hydrogen (secondary N) is 2. The molecular weight excluding hydrogens is 419 g/mol. The van der Waals surface area contributed by atoms with Crippen molar-refractivity contribution in [3.05, 3.63) is 63.2 Å². The van der Waals surface area contributed by atoms with Crippen molar-refractivity contribution in [1.82, 2.24) is 10.6 Å². The normalized spacial score (nSPS) is 10.2. The maximum absolute atomic E-state index is 11.8. The van der Waals surface area contributed by atoms with Gasteiger partial charge in [-0.15, -0.1) is 0 Å². The minimum atomic E-state index is -0.263. The van der Waals surface area contributed by atoms with Crippen LogP contribution in [0.25, 0.3) is 0 Å². The first kappa shape index (κ1) is 18.3. The second-order valence-corrected chi connectivity index (χ2v) is 6.60. The molecule has 6 heteroatoms. The van der Waals surface area contributed by atoms with E-state index in [1.54, 1.807) is 24.3 Å². The zero-order valence-electron chi connectivity index (χ0n) is 13.1. The lowest BCUT2D eigenvalue weighted by Crippen LogP contribution is -2.36. The SMILES string of the molecule is O=C(CCc1ccc(I)cc1)NCC(=O)NCc1cccc(O)c1. The first-order chi connectivity index (χ1) is 11.5. The molecule has 0 aromatic heterocycles. The number of carbonyl (C=O) groups is 2. The van der Waals surface area contributed by atoms with Crippen molar-refractivity contribution in [1.29, 1.82) is 0 Å². The number of rotatable bonds is 7. The molecule has 0 heterocycles. The summed E-state index contributed by atoms with van der Waals surface area (Å²) in [5, 5.41) is 14.7. The van der Waals surface area contributed by atoms with Gasteiger partial charge in [0.2, 0.25) is 11.8 Å².